The van der Waals surface area contributed by atoms with Gasteiger partial charge in [-0.15, -0.1) is 0 Å². The number of ether oxygens (including phenoxy) is 1. The van der Waals surface area contributed by atoms with Crippen molar-refractivity contribution in [1.82, 2.24) is 4.57 Å². The molecule has 0 unspecified atom stereocenters. The summed E-state index contributed by atoms with van der Waals surface area (Å²) >= 11 is 0. The zero-order valence-electron chi connectivity index (χ0n) is 18.5. The van der Waals surface area contributed by atoms with Crippen LogP contribution in [0.3, 0.4) is 0 Å². The molecule has 0 aliphatic carbocycles. The molecule has 34 heavy (non-hydrogen) atoms. The van der Waals surface area contributed by atoms with Crippen molar-refractivity contribution in [3.8, 4) is 22.6 Å². The van der Waals surface area contributed by atoms with E-state index in [1.165, 1.54) is 24.3 Å². The topological polar surface area (TPSA) is 71.7 Å². The van der Waals surface area contributed by atoms with Crippen LogP contribution in [-0.4, -0.2) is 34.0 Å². The molecule has 5 nitrogen and oxygen atoms in total. The molecular formula is C27H23F2NO4. The SMILES string of the molecule is Cc1cc(-n2c(C3CCOCC3)c(-c3ccc(C(=O)O)cc3)c3c(O)c(F)ccc32)ccc1F. The van der Waals surface area contributed by atoms with Crippen LogP contribution >= 0.6 is 0 Å². The van der Waals surface area contributed by atoms with Gasteiger partial charge >= 0.3 is 5.97 Å². The average molecular weight is 463 g/mol. The molecule has 2 heterocycles. The van der Waals surface area contributed by atoms with Gasteiger partial charge in [0.05, 0.1) is 16.5 Å². The molecular weight excluding hydrogens is 440 g/mol. The Morgan fingerprint density at radius 3 is 2.32 bits per heavy atom. The molecule has 2 N–H and O–H groups in total. The number of aromatic carboxylic acids is 1. The molecule has 5 rings (SSSR count). The van der Waals surface area contributed by atoms with Crippen LogP contribution < -0.4 is 0 Å². The largest absolute Gasteiger partial charge is 0.504 e. The normalized spacial score (nSPS) is 14.6. The van der Waals surface area contributed by atoms with E-state index in [2.05, 4.69) is 0 Å². The number of carboxylic acid groups (broad SMARTS) is 1. The zero-order valence-corrected chi connectivity index (χ0v) is 18.5. The molecule has 1 saturated heterocycles. The number of carbonyl (C=O) groups is 1. The maximum absolute atomic E-state index is 14.6. The fourth-order valence-corrected chi connectivity index (χ4v) is 4.83. The first-order chi connectivity index (χ1) is 16.4. The number of benzene rings is 3. The number of carboxylic acids is 1. The van der Waals surface area contributed by atoms with Gasteiger partial charge in [0.15, 0.2) is 11.6 Å². The van der Waals surface area contributed by atoms with Gasteiger partial charge in [-0.05, 0) is 73.4 Å². The van der Waals surface area contributed by atoms with Gasteiger partial charge in [-0.25, -0.2) is 13.6 Å². The van der Waals surface area contributed by atoms with E-state index in [0.717, 1.165) is 18.5 Å². The second-order valence-electron chi connectivity index (χ2n) is 8.59. The number of rotatable bonds is 4. The van der Waals surface area contributed by atoms with Crippen LogP contribution in [0.5, 0.6) is 5.75 Å². The number of aromatic nitrogens is 1. The van der Waals surface area contributed by atoms with Gasteiger partial charge in [0.25, 0.3) is 0 Å². The van der Waals surface area contributed by atoms with Crippen molar-refractivity contribution in [1.29, 1.82) is 0 Å². The minimum atomic E-state index is -1.05. The van der Waals surface area contributed by atoms with Crippen LogP contribution in [0.1, 0.15) is 40.4 Å². The monoisotopic (exact) mass is 463 g/mol. The van der Waals surface area contributed by atoms with Crippen molar-refractivity contribution >= 4 is 16.9 Å². The first kappa shape index (κ1) is 22.1. The number of aryl methyl sites for hydroxylation is 1. The molecule has 0 saturated carbocycles. The van der Waals surface area contributed by atoms with Gasteiger partial charge < -0.3 is 19.5 Å². The third-order valence-electron chi connectivity index (χ3n) is 6.52. The fourth-order valence-electron chi connectivity index (χ4n) is 4.83. The van der Waals surface area contributed by atoms with Crippen LogP contribution in [0.2, 0.25) is 0 Å². The summed E-state index contributed by atoms with van der Waals surface area (Å²) < 4.78 is 36.2. The lowest BCUT2D eigenvalue weighted by molar-refractivity contribution is 0.0697. The molecule has 0 amide bonds. The number of aromatic hydroxyl groups is 1. The highest BCUT2D eigenvalue weighted by atomic mass is 19.1. The van der Waals surface area contributed by atoms with Gasteiger partial charge in [-0.3, -0.25) is 0 Å². The lowest BCUT2D eigenvalue weighted by Gasteiger charge is -2.26. The van der Waals surface area contributed by atoms with Crippen LogP contribution in [-0.2, 0) is 4.74 Å². The van der Waals surface area contributed by atoms with E-state index in [-0.39, 0.29) is 17.3 Å². The molecule has 0 bridgehead atoms. The zero-order chi connectivity index (χ0) is 24.0. The predicted octanol–water partition coefficient (Wildman–Crippen LogP) is 6.18. The number of halogens is 2. The van der Waals surface area contributed by atoms with Crippen LogP contribution in [0, 0.1) is 18.6 Å². The standard InChI is InChI=1S/C27H23F2NO4/c1-15-14-19(6-7-20(15)28)30-22-9-8-21(29)26(31)24(22)23(25(30)17-10-12-34-13-11-17)16-2-4-18(5-3-16)27(32)33/h2-9,14,17,31H,10-13H2,1H3,(H,32,33). The molecule has 7 heteroatoms. The van der Waals surface area contributed by atoms with Gasteiger partial charge in [0.1, 0.15) is 5.82 Å². The number of fused-ring (bicyclic) bond motifs is 1. The first-order valence-electron chi connectivity index (χ1n) is 11.1. The molecule has 4 aromatic rings. The third kappa shape index (κ3) is 3.62. The Hall–Kier alpha value is -3.71. The summed E-state index contributed by atoms with van der Waals surface area (Å²) in [5, 5.41) is 20.5. The summed E-state index contributed by atoms with van der Waals surface area (Å²) in [4.78, 5) is 11.4. The first-order valence-corrected chi connectivity index (χ1v) is 11.1. The Morgan fingerprint density at radius 1 is 1.00 bits per heavy atom. The smallest absolute Gasteiger partial charge is 0.335 e. The molecule has 1 aromatic heterocycles. The number of hydrogen-bond donors (Lipinski definition) is 2. The van der Waals surface area contributed by atoms with Crippen molar-refractivity contribution in [2.45, 2.75) is 25.7 Å². The molecule has 0 atom stereocenters. The summed E-state index contributed by atoms with van der Waals surface area (Å²) in [7, 11) is 0. The molecule has 174 valence electrons. The Morgan fingerprint density at radius 2 is 1.68 bits per heavy atom. The quantitative estimate of drug-likeness (QED) is 0.379. The highest BCUT2D eigenvalue weighted by Crippen LogP contribution is 2.47. The molecule has 3 aromatic carbocycles. The van der Waals surface area contributed by atoms with E-state index in [1.54, 1.807) is 37.3 Å². The van der Waals surface area contributed by atoms with E-state index in [0.29, 0.717) is 46.5 Å². The Kier molecular flexibility index (Phi) is 5.57. The van der Waals surface area contributed by atoms with E-state index < -0.39 is 17.5 Å². The van der Waals surface area contributed by atoms with Crippen LogP contribution in [0.15, 0.2) is 54.6 Å². The minimum absolute atomic E-state index is 0.0307. The third-order valence-corrected chi connectivity index (χ3v) is 6.52. The minimum Gasteiger partial charge on any atom is -0.504 e. The van der Waals surface area contributed by atoms with Crippen molar-refractivity contribution in [2.24, 2.45) is 0 Å². The van der Waals surface area contributed by atoms with Crippen molar-refractivity contribution in [3.05, 3.63) is 83.1 Å². The number of hydrogen-bond acceptors (Lipinski definition) is 3. The summed E-state index contributed by atoms with van der Waals surface area (Å²) in [5.41, 5.74) is 4.04. The second kappa shape index (κ2) is 8.57. The lowest BCUT2D eigenvalue weighted by atomic mass is 9.89. The molecule has 1 aliphatic heterocycles. The lowest BCUT2D eigenvalue weighted by Crippen LogP contribution is -2.17. The van der Waals surface area contributed by atoms with Gasteiger partial charge in [0, 0.05) is 36.1 Å². The van der Waals surface area contributed by atoms with Crippen molar-refractivity contribution in [2.75, 3.05) is 13.2 Å². The van der Waals surface area contributed by atoms with Crippen molar-refractivity contribution in [3.63, 3.8) is 0 Å². The fraction of sp³-hybridized carbons (Fsp3) is 0.222. The van der Waals surface area contributed by atoms with E-state index in [9.17, 15) is 23.8 Å². The number of phenolic OH excluding ortho intramolecular Hbond substituents is 1. The Balaban J connectivity index is 1.89. The summed E-state index contributed by atoms with van der Waals surface area (Å²) in [6, 6.07) is 14.0. The van der Waals surface area contributed by atoms with Crippen LogP contribution in [0.4, 0.5) is 8.78 Å². The highest BCUT2D eigenvalue weighted by Gasteiger charge is 2.30. The second-order valence-corrected chi connectivity index (χ2v) is 8.59. The summed E-state index contributed by atoms with van der Waals surface area (Å²) in [6.45, 7) is 2.81. The molecule has 0 spiro atoms. The maximum atomic E-state index is 14.6. The van der Waals surface area contributed by atoms with E-state index in [4.69, 9.17) is 4.74 Å². The van der Waals surface area contributed by atoms with Gasteiger partial charge in [0.2, 0.25) is 0 Å². The summed E-state index contributed by atoms with van der Waals surface area (Å²) in [6.07, 6.45) is 1.44. The highest BCUT2D eigenvalue weighted by molar-refractivity contribution is 6.03. The van der Waals surface area contributed by atoms with Crippen LogP contribution in [0.25, 0.3) is 27.7 Å². The molecule has 0 radical (unpaired) electrons. The van der Waals surface area contributed by atoms with Gasteiger partial charge in [-0.1, -0.05) is 12.1 Å². The Bertz CT molecular complexity index is 1400. The number of nitrogens with zero attached hydrogens (tertiary/aromatic N) is 1. The average Bonchev–Trinajstić information content (AvgIpc) is 3.19. The Labute approximate surface area is 194 Å². The number of phenols is 1. The maximum Gasteiger partial charge on any atom is 0.335 e. The molecule has 1 fully saturated rings. The summed E-state index contributed by atoms with van der Waals surface area (Å²) in [5.74, 6) is -2.56. The predicted molar refractivity (Wildman–Crippen MR) is 125 cm³/mol. The van der Waals surface area contributed by atoms with Crippen molar-refractivity contribution < 1.29 is 28.5 Å². The van der Waals surface area contributed by atoms with Gasteiger partial charge in [-0.2, -0.15) is 0 Å². The molecule has 1 aliphatic rings. The van der Waals surface area contributed by atoms with E-state index >= 15 is 0 Å². The van der Waals surface area contributed by atoms with E-state index in [1.807, 2.05) is 4.57 Å².